The van der Waals surface area contributed by atoms with Crippen LogP contribution in [0.5, 0.6) is 0 Å². The number of rotatable bonds is 3. The van der Waals surface area contributed by atoms with Crippen LogP contribution in [-0.4, -0.2) is 0 Å². The zero-order valence-corrected chi connectivity index (χ0v) is 43.9. The second kappa shape index (κ2) is 15.6. The Hall–Kier alpha value is -8.86. The van der Waals surface area contributed by atoms with Crippen LogP contribution in [0.1, 0.15) is 66.8 Å². The number of benzene rings is 12. The van der Waals surface area contributed by atoms with Crippen LogP contribution in [-0.2, 0) is 16.2 Å². The maximum Gasteiger partial charge on any atom is 0.0736 e. The van der Waals surface area contributed by atoms with Gasteiger partial charge in [-0.25, -0.2) is 0 Å². The summed E-state index contributed by atoms with van der Waals surface area (Å²) in [5.41, 5.74) is 28.1. The molecule has 0 saturated carbocycles. The molecule has 0 unspecified atom stereocenters. The molecule has 0 radical (unpaired) electrons. The van der Waals surface area contributed by atoms with E-state index in [2.05, 4.69) is 278 Å². The minimum atomic E-state index is -0.546. The van der Waals surface area contributed by atoms with Crippen molar-refractivity contribution < 1.29 is 0 Å². The van der Waals surface area contributed by atoms with Crippen molar-refractivity contribution in [2.45, 2.75) is 35.8 Å². The van der Waals surface area contributed by atoms with E-state index in [1.807, 2.05) is 23.5 Å². The molecule has 1 nitrogen and oxygen atoms in total. The fourth-order valence-corrected chi connectivity index (χ4v) is 18.2. The smallest absolute Gasteiger partial charge is 0.0736 e. The summed E-state index contributed by atoms with van der Waals surface area (Å²) in [7, 11) is 0. The van der Waals surface area contributed by atoms with E-state index in [-0.39, 0.29) is 0 Å². The molecule has 4 aliphatic carbocycles. The highest BCUT2D eigenvalue weighted by atomic mass is 32.2. The Labute approximate surface area is 462 Å². The van der Waals surface area contributed by atoms with Crippen LogP contribution in [0.3, 0.4) is 0 Å². The minimum Gasteiger partial charge on any atom is -0.309 e. The summed E-state index contributed by atoms with van der Waals surface area (Å²) in [6, 6.07) is 105. The van der Waals surface area contributed by atoms with Gasteiger partial charge in [-0.3, -0.25) is 0 Å². The van der Waals surface area contributed by atoms with E-state index in [1.165, 1.54) is 131 Å². The highest BCUT2D eigenvalue weighted by Gasteiger charge is 2.55. The van der Waals surface area contributed by atoms with Crippen molar-refractivity contribution in [1.82, 2.24) is 0 Å². The third-order valence-corrected chi connectivity index (χ3v) is 20.7. The molecular formula is C75H45NS2. The molecule has 12 aromatic carbocycles. The van der Waals surface area contributed by atoms with Crippen molar-refractivity contribution in [2.75, 3.05) is 4.90 Å². The van der Waals surface area contributed by atoms with Gasteiger partial charge < -0.3 is 4.90 Å². The first-order valence-electron chi connectivity index (χ1n) is 27.2. The van der Waals surface area contributed by atoms with Gasteiger partial charge in [0.25, 0.3) is 0 Å². The molecule has 6 aliphatic rings. The summed E-state index contributed by atoms with van der Waals surface area (Å²) in [5, 5.41) is 0. The lowest BCUT2D eigenvalue weighted by Gasteiger charge is -2.40. The molecular weight excluding hydrogens is 979 g/mol. The lowest BCUT2D eigenvalue weighted by molar-refractivity contribution is 0.722. The first-order chi connectivity index (χ1) is 38.7. The molecule has 78 heavy (non-hydrogen) atoms. The molecule has 2 aliphatic heterocycles. The third kappa shape index (κ3) is 5.14. The Morgan fingerprint density at radius 3 is 0.885 bits per heavy atom. The van der Waals surface area contributed by atoms with Gasteiger partial charge in [0, 0.05) is 36.4 Å². The summed E-state index contributed by atoms with van der Waals surface area (Å²) in [6.07, 6.45) is 0. The molecule has 0 fully saturated rings. The highest BCUT2D eigenvalue weighted by Crippen LogP contribution is 2.69. The normalized spacial score (nSPS) is 15.4. The summed E-state index contributed by atoms with van der Waals surface area (Å²) >= 11 is 3.80. The minimum absolute atomic E-state index is 0.522. The average molecular weight is 1020 g/mol. The number of anilines is 3. The standard InChI is InChI=1S/C75H45NS2/c1-6-26-53-47(21-1)48-22-2-7-27-54(48)73(53)55-28-8-3-23-49(55)50-44-43-46(45-64(50)73)76(65-37-19-35-62-71(65)51-24-4-9-29-56(51)74(62)58-31-11-15-39-67(58)77-68-40-16-12-32-59(68)74)66-38-20-36-63-72(66)52-25-5-10-30-57(52)75(63)60-33-13-17-41-69(60)78-70-42-18-14-34-61(70)75/h1-45H. The van der Waals surface area contributed by atoms with Crippen LogP contribution in [0, 0.1) is 0 Å². The van der Waals surface area contributed by atoms with E-state index in [1.54, 1.807) is 0 Å². The van der Waals surface area contributed by atoms with Crippen LogP contribution < -0.4 is 4.90 Å². The fraction of sp³-hybridized carbons (Fsp3) is 0.0400. The maximum atomic E-state index is 2.68. The third-order valence-electron chi connectivity index (χ3n) is 18.4. The van der Waals surface area contributed by atoms with E-state index in [0.29, 0.717) is 0 Å². The summed E-state index contributed by atoms with van der Waals surface area (Å²) in [4.78, 5) is 7.88. The summed E-state index contributed by atoms with van der Waals surface area (Å²) in [5.74, 6) is 0. The van der Waals surface area contributed by atoms with Gasteiger partial charge in [0.15, 0.2) is 0 Å². The van der Waals surface area contributed by atoms with Gasteiger partial charge in [0.1, 0.15) is 0 Å². The molecule has 0 N–H and O–H groups in total. The lowest BCUT2D eigenvalue weighted by Crippen LogP contribution is -2.32. The highest BCUT2D eigenvalue weighted by molar-refractivity contribution is 7.99. The van der Waals surface area contributed by atoms with Gasteiger partial charge in [-0.2, -0.15) is 0 Å². The Bertz CT molecular complexity index is 4270. The van der Waals surface area contributed by atoms with Crippen molar-refractivity contribution in [3.8, 4) is 44.5 Å². The molecule has 0 atom stereocenters. The molecule has 0 saturated heterocycles. The van der Waals surface area contributed by atoms with E-state index in [4.69, 9.17) is 0 Å². The van der Waals surface area contributed by atoms with Gasteiger partial charge in [0.05, 0.1) is 27.6 Å². The van der Waals surface area contributed by atoms with Gasteiger partial charge in [0.2, 0.25) is 0 Å². The van der Waals surface area contributed by atoms with Crippen LogP contribution in [0.25, 0.3) is 44.5 Å². The molecule has 362 valence electrons. The molecule has 3 heteroatoms. The van der Waals surface area contributed by atoms with Crippen LogP contribution in [0.4, 0.5) is 17.1 Å². The first kappa shape index (κ1) is 43.3. The van der Waals surface area contributed by atoms with Crippen molar-refractivity contribution in [3.63, 3.8) is 0 Å². The van der Waals surface area contributed by atoms with Crippen LogP contribution >= 0.6 is 23.5 Å². The average Bonchev–Trinajstić information content (AvgIpc) is 4.37. The lowest BCUT2D eigenvalue weighted by atomic mass is 9.67. The topological polar surface area (TPSA) is 3.24 Å². The van der Waals surface area contributed by atoms with Gasteiger partial charge in [-0.15, -0.1) is 0 Å². The number of hydrogen-bond donors (Lipinski definition) is 0. The predicted octanol–water partition coefficient (Wildman–Crippen LogP) is 19.2. The Balaban J connectivity index is 0.982. The van der Waals surface area contributed by atoms with Crippen molar-refractivity contribution >= 4 is 40.6 Å². The maximum absolute atomic E-state index is 2.68. The summed E-state index contributed by atoms with van der Waals surface area (Å²) < 4.78 is 0. The van der Waals surface area contributed by atoms with Crippen molar-refractivity contribution in [3.05, 3.63) is 340 Å². The van der Waals surface area contributed by atoms with Gasteiger partial charge in [-0.1, -0.05) is 248 Å². The number of hydrogen-bond acceptors (Lipinski definition) is 3. The molecule has 2 heterocycles. The van der Waals surface area contributed by atoms with Crippen molar-refractivity contribution in [2.24, 2.45) is 0 Å². The van der Waals surface area contributed by atoms with E-state index in [9.17, 15) is 0 Å². The zero-order valence-electron chi connectivity index (χ0n) is 42.2. The first-order valence-corrected chi connectivity index (χ1v) is 28.8. The quantitative estimate of drug-likeness (QED) is 0.174. The molecule has 3 spiro atoms. The molecule has 12 aromatic rings. The Morgan fingerprint density at radius 1 is 0.218 bits per heavy atom. The second-order valence-corrected chi connectivity index (χ2v) is 23.8. The van der Waals surface area contributed by atoms with E-state index >= 15 is 0 Å². The Morgan fingerprint density at radius 2 is 0.500 bits per heavy atom. The molecule has 0 bridgehead atoms. The van der Waals surface area contributed by atoms with Gasteiger partial charge >= 0.3 is 0 Å². The van der Waals surface area contributed by atoms with E-state index < -0.39 is 16.2 Å². The monoisotopic (exact) mass is 1020 g/mol. The molecule has 0 amide bonds. The SMILES string of the molecule is c1ccc2c(c1)Sc1ccccc1C21c2ccccc2-c2c(N(c3ccc4c(c3)C3(c5ccccc5-c5ccccc53)c3ccccc3-4)c3cccc4c3-c3ccccc3C43c4ccccc4Sc4ccccc43)cccc21. The second-order valence-electron chi connectivity index (χ2n) is 21.6. The largest absolute Gasteiger partial charge is 0.309 e. The van der Waals surface area contributed by atoms with E-state index in [0.717, 1.165) is 17.1 Å². The predicted molar refractivity (Wildman–Crippen MR) is 320 cm³/mol. The molecule has 18 rings (SSSR count). The summed E-state index contributed by atoms with van der Waals surface area (Å²) in [6.45, 7) is 0. The number of fused-ring (bicyclic) bond motifs is 28. The van der Waals surface area contributed by atoms with Crippen LogP contribution in [0.15, 0.2) is 293 Å². The fourth-order valence-electron chi connectivity index (χ4n) is 15.8. The Kier molecular flexibility index (Phi) is 8.68. The molecule has 0 aromatic heterocycles. The number of nitrogens with zero attached hydrogens (tertiary/aromatic N) is 1. The van der Waals surface area contributed by atoms with Crippen molar-refractivity contribution in [1.29, 1.82) is 0 Å². The zero-order chi connectivity index (χ0) is 50.9. The van der Waals surface area contributed by atoms with Crippen LogP contribution in [0.2, 0.25) is 0 Å². The van der Waals surface area contributed by atoms with Gasteiger partial charge in [-0.05, 0) is 149 Å².